The molecular formula is C13H20N4O4. The molecule has 8 heteroatoms. The molecule has 1 aromatic heterocycles. The number of hydrogen-bond acceptors (Lipinski definition) is 6. The second kappa shape index (κ2) is 7.16. The van der Waals surface area contributed by atoms with Gasteiger partial charge in [0.15, 0.2) is 5.69 Å². The van der Waals surface area contributed by atoms with Gasteiger partial charge in [0.2, 0.25) is 5.91 Å². The first-order valence-corrected chi connectivity index (χ1v) is 6.94. The molecule has 2 rings (SSSR count). The van der Waals surface area contributed by atoms with Gasteiger partial charge in [-0.15, -0.1) is 5.10 Å². The number of nitrogens with one attached hydrogen (secondary N) is 1. The summed E-state index contributed by atoms with van der Waals surface area (Å²) < 4.78 is 11.1. The smallest absolute Gasteiger partial charge is 0.360 e. The average Bonchev–Trinajstić information content (AvgIpc) is 3.09. The summed E-state index contributed by atoms with van der Waals surface area (Å²) in [6, 6.07) is 0.243. The summed E-state index contributed by atoms with van der Waals surface area (Å²) in [7, 11) is 2.77. The van der Waals surface area contributed by atoms with Gasteiger partial charge in [0, 0.05) is 13.2 Å². The fourth-order valence-electron chi connectivity index (χ4n) is 2.47. The van der Waals surface area contributed by atoms with Crippen molar-refractivity contribution in [3.63, 3.8) is 0 Å². The van der Waals surface area contributed by atoms with Gasteiger partial charge < -0.3 is 14.8 Å². The van der Waals surface area contributed by atoms with Crippen LogP contribution < -0.4 is 5.32 Å². The van der Waals surface area contributed by atoms with Gasteiger partial charge in [0.25, 0.3) is 0 Å². The van der Waals surface area contributed by atoms with Crippen LogP contribution in [0.25, 0.3) is 0 Å². The van der Waals surface area contributed by atoms with Crippen molar-refractivity contribution in [1.29, 1.82) is 0 Å². The minimum atomic E-state index is -0.593. The number of hydrogen-bond donors (Lipinski definition) is 1. The number of esters is 1. The van der Waals surface area contributed by atoms with Gasteiger partial charge in [0.05, 0.1) is 19.4 Å². The maximum absolute atomic E-state index is 12.0. The zero-order chi connectivity index (χ0) is 15.2. The first-order chi connectivity index (χ1) is 10.2. The number of amides is 1. The quantitative estimate of drug-likeness (QED) is 0.757. The van der Waals surface area contributed by atoms with Crippen LogP contribution in [0.1, 0.15) is 41.9 Å². The van der Waals surface area contributed by atoms with E-state index in [2.05, 4.69) is 20.4 Å². The molecular weight excluding hydrogens is 276 g/mol. The molecule has 0 radical (unpaired) electrons. The Bertz CT molecular complexity index is 508. The van der Waals surface area contributed by atoms with E-state index in [0.717, 1.165) is 25.7 Å². The highest BCUT2D eigenvalue weighted by Gasteiger charge is 2.23. The molecule has 0 unspecified atom stereocenters. The van der Waals surface area contributed by atoms with E-state index < -0.39 is 5.97 Å². The maximum Gasteiger partial charge on any atom is 0.360 e. The van der Waals surface area contributed by atoms with Crippen LogP contribution in [-0.4, -0.2) is 47.1 Å². The number of ether oxygens (including phenoxy) is 2. The molecule has 1 amide bonds. The van der Waals surface area contributed by atoms with Gasteiger partial charge in [-0.05, 0) is 12.8 Å². The fraction of sp³-hybridized carbons (Fsp3) is 0.692. The van der Waals surface area contributed by atoms with Gasteiger partial charge >= 0.3 is 5.97 Å². The van der Waals surface area contributed by atoms with Gasteiger partial charge in [-0.25, -0.2) is 9.48 Å². The first kappa shape index (κ1) is 15.4. The molecule has 1 heterocycles. The van der Waals surface area contributed by atoms with Crippen LogP contribution in [0.3, 0.4) is 0 Å². The van der Waals surface area contributed by atoms with Crippen molar-refractivity contribution in [2.75, 3.05) is 14.2 Å². The van der Waals surface area contributed by atoms with Crippen molar-refractivity contribution < 1.29 is 19.1 Å². The van der Waals surface area contributed by atoms with Crippen molar-refractivity contribution in [3.05, 3.63) is 11.4 Å². The molecule has 0 aliphatic heterocycles. The van der Waals surface area contributed by atoms with Crippen LogP contribution in [-0.2, 0) is 27.4 Å². The molecule has 1 fully saturated rings. The Kier molecular flexibility index (Phi) is 5.26. The highest BCUT2D eigenvalue weighted by atomic mass is 16.5. The molecule has 0 spiro atoms. The van der Waals surface area contributed by atoms with Crippen LogP contribution in [0, 0.1) is 0 Å². The van der Waals surface area contributed by atoms with E-state index in [-0.39, 0.29) is 30.8 Å². The van der Waals surface area contributed by atoms with Gasteiger partial charge in [0.1, 0.15) is 6.54 Å². The third-order valence-corrected chi connectivity index (χ3v) is 3.51. The standard InChI is InChI=1S/C13H20N4O4/c1-20-8-10-12(13(19)21-2)15-16-17(10)7-11(18)14-9-5-3-4-6-9/h9H,3-8H2,1-2H3,(H,14,18). The topological polar surface area (TPSA) is 95.3 Å². The zero-order valence-corrected chi connectivity index (χ0v) is 12.3. The predicted octanol–water partition coefficient (Wildman–Crippen LogP) is 0.270. The Morgan fingerprint density at radius 2 is 2.05 bits per heavy atom. The summed E-state index contributed by atoms with van der Waals surface area (Å²) in [4.78, 5) is 23.6. The van der Waals surface area contributed by atoms with Gasteiger partial charge in [-0.2, -0.15) is 0 Å². The van der Waals surface area contributed by atoms with Crippen molar-refractivity contribution in [1.82, 2.24) is 20.3 Å². The van der Waals surface area contributed by atoms with E-state index >= 15 is 0 Å². The van der Waals surface area contributed by atoms with E-state index in [1.54, 1.807) is 0 Å². The average molecular weight is 296 g/mol. The maximum atomic E-state index is 12.0. The normalized spacial score (nSPS) is 15.1. The molecule has 1 aliphatic rings. The molecule has 21 heavy (non-hydrogen) atoms. The second-order valence-corrected chi connectivity index (χ2v) is 5.02. The lowest BCUT2D eigenvalue weighted by Gasteiger charge is -2.12. The van der Waals surface area contributed by atoms with E-state index in [1.807, 2.05) is 0 Å². The molecule has 0 bridgehead atoms. The van der Waals surface area contributed by atoms with Gasteiger partial charge in [-0.1, -0.05) is 18.1 Å². The monoisotopic (exact) mass is 296 g/mol. The third kappa shape index (κ3) is 3.78. The first-order valence-electron chi connectivity index (χ1n) is 6.94. The summed E-state index contributed by atoms with van der Waals surface area (Å²) in [6.07, 6.45) is 4.33. The number of rotatable bonds is 6. The van der Waals surface area contributed by atoms with Crippen molar-refractivity contribution in [2.24, 2.45) is 0 Å². The van der Waals surface area contributed by atoms with Crippen molar-refractivity contribution in [3.8, 4) is 0 Å². The minimum absolute atomic E-state index is 0.0131. The molecule has 116 valence electrons. The van der Waals surface area contributed by atoms with E-state index in [0.29, 0.717) is 5.69 Å². The van der Waals surface area contributed by atoms with Crippen LogP contribution in [0.4, 0.5) is 0 Å². The largest absolute Gasteiger partial charge is 0.464 e. The minimum Gasteiger partial charge on any atom is -0.464 e. The highest BCUT2D eigenvalue weighted by Crippen LogP contribution is 2.17. The van der Waals surface area contributed by atoms with Gasteiger partial charge in [-0.3, -0.25) is 4.79 Å². The molecule has 1 N–H and O–H groups in total. The number of carbonyl (C=O) groups excluding carboxylic acids is 2. The SMILES string of the molecule is COCc1c(C(=O)OC)nnn1CC(=O)NC1CCCC1. The summed E-state index contributed by atoms with van der Waals surface area (Å²) >= 11 is 0. The molecule has 1 aromatic rings. The lowest BCUT2D eigenvalue weighted by Crippen LogP contribution is -2.35. The van der Waals surface area contributed by atoms with Crippen LogP contribution in [0.15, 0.2) is 0 Å². The van der Waals surface area contributed by atoms with E-state index in [1.165, 1.54) is 18.9 Å². The Hall–Kier alpha value is -1.96. The molecule has 8 nitrogen and oxygen atoms in total. The number of nitrogens with zero attached hydrogens (tertiary/aromatic N) is 3. The van der Waals surface area contributed by atoms with E-state index in [4.69, 9.17) is 4.74 Å². The van der Waals surface area contributed by atoms with Crippen LogP contribution in [0.5, 0.6) is 0 Å². The summed E-state index contributed by atoms with van der Waals surface area (Å²) in [5, 5.41) is 10.6. The van der Waals surface area contributed by atoms with Crippen molar-refractivity contribution in [2.45, 2.75) is 44.9 Å². The molecule has 1 aliphatic carbocycles. The van der Waals surface area contributed by atoms with Crippen molar-refractivity contribution >= 4 is 11.9 Å². The number of methoxy groups -OCH3 is 2. The number of carbonyl (C=O) groups is 2. The van der Waals surface area contributed by atoms with Crippen LogP contribution >= 0.6 is 0 Å². The van der Waals surface area contributed by atoms with Crippen LogP contribution in [0.2, 0.25) is 0 Å². The fourth-order valence-corrected chi connectivity index (χ4v) is 2.47. The molecule has 1 saturated carbocycles. The third-order valence-electron chi connectivity index (χ3n) is 3.51. The lowest BCUT2D eigenvalue weighted by atomic mass is 10.2. The molecule has 0 aromatic carbocycles. The molecule has 0 saturated heterocycles. The highest BCUT2D eigenvalue weighted by molar-refractivity contribution is 5.88. The predicted molar refractivity (Wildman–Crippen MR) is 72.5 cm³/mol. The Labute approximate surface area is 122 Å². The number of aromatic nitrogens is 3. The summed E-state index contributed by atoms with van der Waals surface area (Å²) in [5.74, 6) is -0.731. The second-order valence-electron chi connectivity index (χ2n) is 5.02. The Morgan fingerprint density at radius 3 is 2.67 bits per heavy atom. The Balaban J connectivity index is 2.05. The summed E-state index contributed by atoms with van der Waals surface area (Å²) in [6.45, 7) is 0.146. The zero-order valence-electron chi connectivity index (χ0n) is 12.3. The molecule has 0 atom stereocenters. The lowest BCUT2D eigenvalue weighted by molar-refractivity contribution is -0.122. The summed E-state index contributed by atoms with van der Waals surface area (Å²) in [5.41, 5.74) is 0.513. The Morgan fingerprint density at radius 1 is 1.33 bits per heavy atom. The van der Waals surface area contributed by atoms with E-state index in [9.17, 15) is 9.59 Å².